The maximum Gasteiger partial charge on any atom is 0.260 e. The number of nitrogens with zero attached hydrogens (tertiary/aromatic N) is 4. The number of pyridine rings is 1. The van der Waals surface area contributed by atoms with Gasteiger partial charge in [0, 0.05) is 54.7 Å². The molecule has 3 N–H and O–H groups in total. The van der Waals surface area contributed by atoms with Crippen molar-refractivity contribution in [1.82, 2.24) is 24.8 Å². The third-order valence-electron chi connectivity index (χ3n) is 8.44. The van der Waals surface area contributed by atoms with E-state index in [2.05, 4.69) is 27.5 Å². The molecule has 13 nitrogen and oxygen atoms in total. The van der Waals surface area contributed by atoms with Gasteiger partial charge in [0.25, 0.3) is 5.56 Å². The molecule has 2 amide bonds. The Hall–Kier alpha value is -4.95. The van der Waals surface area contributed by atoms with Crippen molar-refractivity contribution >= 4 is 57.7 Å². The summed E-state index contributed by atoms with van der Waals surface area (Å²) in [7, 11) is 6.77. The first kappa shape index (κ1) is 38.3. The van der Waals surface area contributed by atoms with Gasteiger partial charge in [-0.1, -0.05) is 48.0 Å². The molecule has 15 heteroatoms. The van der Waals surface area contributed by atoms with E-state index in [0.29, 0.717) is 49.3 Å². The molecule has 2 aromatic carbocycles. The Bertz CT molecular complexity index is 2010. The van der Waals surface area contributed by atoms with Gasteiger partial charge in [0.2, 0.25) is 17.8 Å². The summed E-state index contributed by atoms with van der Waals surface area (Å²) in [6, 6.07) is 10.0. The molecular formula is C37H41Cl2N7O6. The summed E-state index contributed by atoms with van der Waals surface area (Å²) >= 11 is 13.5. The van der Waals surface area contributed by atoms with Gasteiger partial charge in [-0.15, -0.1) is 0 Å². The molecule has 2 unspecified atom stereocenters. The minimum Gasteiger partial charge on any atom is -0.495 e. The number of halogens is 2. The largest absolute Gasteiger partial charge is 0.495 e. The molecule has 1 aliphatic heterocycles. The average Bonchev–Trinajstić information content (AvgIpc) is 3.13. The van der Waals surface area contributed by atoms with E-state index >= 15 is 0 Å². The quantitative estimate of drug-likeness (QED) is 0.151. The van der Waals surface area contributed by atoms with Crippen LogP contribution in [0.2, 0.25) is 10.0 Å². The minimum absolute atomic E-state index is 0.148. The molecule has 52 heavy (non-hydrogen) atoms. The standard InChI is InChI=1S/C37H41Cl2N7O6/c1-6-30(47)42-26-14-17-52-21-27(26)43-37-40-20-23-18-25(32-33(38)28(50-4)19-29(51-5)34(32)39)36(49)46(35(23)44-37)16-13-22-9-11-24(12-10-22)41-31(48)8-7-15-45(2)3/h6-12,18-20,26-27H,1,13-17,21H2,2-5H3,(H,41,48)(H,42,47)(H,40,43,44)/b8-7+. The summed E-state index contributed by atoms with van der Waals surface area (Å²) < 4.78 is 18.2. The zero-order valence-electron chi connectivity index (χ0n) is 29.4. The third kappa shape index (κ3) is 9.09. The van der Waals surface area contributed by atoms with Crippen molar-refractivity contribution in [2.24, 2.45) is 0 Å². The first-order chi connectivity index (χ1) is 25.0. The van der Waals surface area contributed by atoms with Gasteiger partial charge in [0.1, 0.15) is 17.1 Å². The molecule has 0 aliphatic carbocycles. The van der Waals surface area contributed by atoms with Crippen LogP contribution in [0.5, 0.6) is 11.5 Å². The molecule has 1 fully saturated rings. The molecule has 0 saturated carbocycles. The Morgan fingerprint density at radius 1 is 1.08 bits per heavy atom. The second kappa shape index (κ2) is 17.5. The molecule has 1 saturated heterocycles. The first-order valence-corrected chi connectivity index (χ1v) is 17.3. The van der Waals surface area contributed by atoms with E-state index in [9.17, 15) is 14.4 Å². The van der Waals surface area contributed by atoms with Crippen LogP contribution in [-0.4, -0.2) is 91.4 Å². The van der Waals surface area contributed by atoms with E-state index < -0.39 is 5.56 Å². The van der Waals surface area contributed by atoms with Crippen LogP contribution < -0.4 is 31.0 Å². The number of rotatable bonds is 14. The van der Waals surface area contributed by atoms with Crippen molar-refractivity contribution in [3.05, 3.63) is 93.4 Å². The Morgan fingerprint density at radius 3 is 2.44 bits per heavy atom. The lowest BCUT2D eigenvalue weighted by Crippen LogP contribution is -2.52. The predicted octanol–water partition coefficient (Wildman–Crippen LogP) is 4.95. The second-order valence-corrected chi connectivity index (χ2v) is 13.1. The van der Waals surface area contributed by atoms with E-state index in [1.165, 1.54) is 26.4 Å². The molecule has 5 rings (SSSR count). The van der Waals surface area contributed by atoms with Crippen molar-refractivity contribution in [3.63, 3.8) is 0 Å². The Kier molecular flexibility index (Phi) is 12.9. The van der Waals surface area contributed by atoms with Crippen molar-refractivity contribution < 1.29 is 23.8 Å². The Morgan fingerprint density at radius 2 is 1.79 bits per heavy atom. The van der Waals surface area contributed by atoms with Crippen LogP contribution in [0, 0.1) is 0 Å². The van der Waals surface area contributed by atoms with E-state index in [-0.39, 0.29) is 69.1 Å². The fraction of sp³-hybridized carbons (Fsp3) is 0.324. The number of carbonyl (C=O) groups excluding carboxylic acids is 2. The highest BCUT2D eigenvalue weighted by molar-refractivity contribution is 6.41. The summed E-state index contributed by atoms with van der Waals surface area (Å²) in [6.07, 6.45) is 7.14. The lowest BCUT2D eigenvalue weighted by Gasteiger charge is -2.32. The highest BCUT2D eigenvalue weighted by Crippen LogP contribution is 2.45. The molecule has 0 spiro atoms. The molecule has 1 aliphatic rings. The molecule has 2 aromatic heterocycles. The first-order valence-electron chi connectivity index (χ1n) is 16.5. The number of anilines is 2. The summed E-state index contributed by atoms with van der Waals surface area (Å²) in [4.78, 5) is 50.2. The number of carbonyl (C=O) groups is 2. The van der Waals surface area contributed by atoms with Gasteiger partial charge < -0.3 is 35.1 Å². The summed E-state index contributed by atoms with van der Waals surface area (Å²) in [5.74, 6) is 0.300. The number of hydrogen-bond acceptors (Lipinski definition) is 10. The van der Waals surface area contributed by atoms with E-state index in [4.69, 9.17) is 42.4 Å². The number of nitrogens with one attached hydrogen (secondary N) is 3. The fourth-order valence-electron chi connectivity index (χ4n) is 5.75. The number of likely N-dealkylation sites (N-methyl/N-ethyl adjacent to an activating group) is 1. The molecule has 0 bridgehead atoms. The number of methoxy groups -OCH3 is 2. The SMILES string of the molecule is C=CC(=O)NC1CCOCC1Nc1ncc2cc(-c3c(Cl)c(OC)cc(OC)c3Cl)c(=O)n(CCc3ccc(NC(=O)/C=C/CN(C)C)cc3)c2n1. The van der Waals surface area contributed by atoms with Gasteiger partial charge >= 0.3 is 0 Å². The zero-order chi connectivity index (χ0) is 37.4. The lowest BCUT2D eigenvalue weighted by atomic mass is 10.0. The molecule has 3 heterocycles. The number of ether oxygens (including phenoxy) is 3. The van der Waals surface area contributed by atoms with Gasteiger partial charge in [-0.2, -0.15) is 4.98 Å². The number of benzene rings is 2. The monoisotopic (exact) mass is 749 g/mol. The maximum atomic E-state index is 14.5. The Balaban J connectivity index is 1.51. The van der Waals surface area contributed by atoms with Crippen molar-refractivity contribution in [1.29, 1.82) is 0 Å². The molecule has 2 atom stereocenters. The summed E-state index contributed by atoms with van der Waals surface area (Å²) in [6.45, 7) is 5.22. The third-order valence-corrected chi connectivity index (χ3v) is 9.19. The van der Waals surface area contributed by atoms with E-state index in [1.54, 1.807) is 29.0 Å². The van der Waals surface area contributed by atoms with Crippen LogP contribution in [-0.2, 0) is 27.3 Å². The molecule has 4 aromatic rings. The minimum atomic E-state index is -0.401. The van der Waals surface area contributed by atoms with Crippen LogP contribution in [0.25, 0.3) is 22.2 Å². The second-order valence-electron chi connectivity index (χ2n) is 12.3. The van der Waals surface area contributed by atoms with Crippen molar-refractivity contribution in [3.8, 4) is 22.6 Å². The number of aromatic nitrogens is 3. The molecular weight excluding hydrogens is 709 g/mol. The number of aryl methyl sites for hydroxylation is 2. The molecule has 274 valence electrons. The van der Waals surface area contributed by atoms with Crippen LogP contribution in [0.15, 0.2) is 72.2 Å². The Labute approximate surface area is 311 Å². The van der Waals surface area contributed by atoms with Gasteiger partial charge in [0.15, 0.2) is 0 Å². The van der Waals surface area contributed by atoms with Gasteiger partial charge in [-0.3, -0.25) is 19.0 Å². The predicted molar refractivity (Wildman–Crippen MR) is 204 cm³/mol. The zero-order valence-corrected chi connectivity index (χ0v) is 30.9. The van der Waals surface area contributed by atoms with Gasteiger partial charge in [0.05, 0.1) is 48.5 Å². The summed E-state index contributed by atoms with van der Waals surface area (Å²) in [5.41, 5.74) is 1.98. The summed E-state index contributed by atoms with van der Waals surface area (Å²) in [5, 5.41) is 9.91. The van der Waals surface area contributed by atoms with Crippen LogP contribution >= 0.6 is 23.2 Å². The number of amides is 2. The topological polar surface area (TPSA) is 149 Å². The van der Waals surface area contributed by atoms with Crippen molar-refractivity contribution in [2.45, 2.75) is 31.5 Å². The lowest BCUT2D eigenvalue weighted by molar-refractivity contribution is -0.118. The fourth-order valence-corrected chi connectivity index (χ4v) is 6.45. The maximum absolute atomic E-state index is 14.5. The van der Waals surface area contributed by atoms with Crippen molar-refractivity contribution in [2.75, 3.05) is 58.7 Å². The van der Waals surface area contributed by atoms with E-state index in [1.807, 2.05) is 43.3 Å². The normalized spacial score (nSPS) is 15.8. The van der Waals surface area contributed by atoms with E-state index in [0.717, 1.165) is 5.56 Å². The highest BCUT2D eigenvalue weighted by Gasteiger charge is 2.28. The van der Waals surface area contributed by atoms with Gasteiger partial charge in [-0.05, 0) is 56.8 Å². The van der Waals surface area contributed by atoms with Gasteiger partial charge in [-0.25, -0.2) is 4.98 Å². The number of fused-ring (bicyclic) bond motifs is 1. The highest BCUT2D eigenvalue weighted by atomic mass is 35.5. The van der Waals surface area contributed by atoms with Crippen LogP contribution in [0.3, 0.4) is 0 Å². The smallest absolute Gasteiger partial charge is 0.260 e. The van der Waals surface area contributed by atoms with Crippen LogP contribution in [0.4, 0.5) is 11.6 Å². The number of hydrogen-bond donors (Lipinski definition) is 3. The average molecular weight is 751 g/mol. The molecule has 0 radical (unpaired) electrons. The van der Waals surface area contributed by atoms with Crippen LogP contribution in [0.1, 0.15) is 12.0 Å².